The third-order valence-electron chi connectivity index (χ3n) is 6.40. The van der Waals surface area contributed by atoms with Crippen LogP contribution in [-0.4, -0.2) is 71.2 Å². The number of hydrogen-bond acceptors (Lipinski definition) is 4. The van der Waals surface area contributed by atoms with Crippen molar-refractivity contribution in [2.75, 3.05) is 39.8 Å². The minimum atomic E-state index is -0.171. The number of allylic oxidation sites excluding steroid dienone is 1. The minimum absolute atomic E-state index is 0.0712. The molecule has 3 heterocycles. The van der Waals surface area contributed by atoms with Gasteiger partial charge in [-0.1, -0.05) is 36.4 Å². The number of aromatic nitrogens is 2. The first kappa shape index (κ1) is 19.1. The Kier molecular flexibility index (Phi) is 5.14. The van der Waals surface area contributed by atoms with Crippen molar-refractivity contribution in [3.8, 4) is 11.3 Å². The Morgan fingerprint density at radius 3 is 2.83 bits per heavy atom. The van der Waals surface area contributed by atoms with Crippen molar-refractivity contribution in [3.63, 3.8) is 0 Å². The second-order valence-corrected chi connectivity index (χ2v) is 8.29. The van der Waals surface area contributed by atoms with E-state index < -0.39 is 0 Å². The van der Waals surface area contributed by atoms with Crippen LogP contribution in [0.3, 0.4) is 0 Å². The predicted octanol–water partition coefficient (Wildman–Crippen LogP) is 2.21. The SMILES string of the molecule is CN1CCN(C2C=CC(NC(=O)NCC3c4ccccc4-c4cncn43)=CC2)CC1. The third kappa shape index (κ3) is 3.66. The number of hydrogen-bond donors (Lipinski definition) is 2. The fourth-order valence-electron chi connectivity index (χ4n) is 4.63. The van der Waals surface area contributed by atoms with Gasteiger partial charge in [0.15, 0.2) is 0 Å². The van der Waals surface area contributed by atoms with Gasteiger partial charge in [-0.25, -0.2) is 9.78 Å². The number of nitrogens with one attached hydrogen (secondary N) is 2. The molecule has 2 amide bonds. The normalized spacial score (nSPS) is 23.6. The minimum Gasteiger partial charge on any atom is -0.335 e. The molecule has 2 aromatic rings. The van der Waals surface area contributed by atoms with Gasteiger partial charge in [-0.15, -0.1) is 0 Å². The largest absolute Gasteiger partial charge is 0.335 e. The molecule has 0 saturated carbocycles. The zero-order valence-electron chi connectivity index (χ0n) is 17.3. The fraction of sp³-hybridized carbons (Fsp3) is 0.391. The van der Waals surface area contributed by atoms with Gasteiger partial charge in [-0.3, -0.25) is 4.90 Å². The molecule has 0 bridgehead atoms. The number of amides is 2. The topological polar surface area (TPSA) is 65.4 Å². The first-order valence-corrected chi connectivity index (χ1v) is 10.7. The van der Waals surface area contributed by atoms with E-state index in [1.54, 1.807) is 0 Å². The lowest BCUT2D eigenvalue weighted by Gasteiger charge is -2.37. The van der Waals surface area contributed by atoms with Gasteiger partial charge in [0, 0.05) is 50.0 Å². The predicted molar refractivity (Wildman–Crippen MR) is 117 cm³/mol. The van der Waals surface area contributed by atoms with Gasteiger partial charge in [-0.2, -0.15) is 0 Å². The van der Waals surface area contributed by atoms with Gasteiger partial charge in [0.25, 0.3) is 0 Å². The summed E-state index contributed by atoms with van der Waals surface area (Å²) < 4.78 is 2.13. The van der Waals surface area contributed by atoms with Crippen LogP contribution in [0, 0.1) is 0 Å². The zero-order chi connectivity index (χ0) is 20.5. The monoisotopic (exact) mass is 404 g/mol. The molecule has 1 aromatic carbocycles. The van der Waals surface area contributed by atoms with E-state index in [-0.39, 0.29) is 12.1 Å². The van der Waals surface area contributed by atoms with Gasteiger partial charge in [0.05, 0.1) is 24.3 Å². The van der Waals surface area contributed by atoms with E-state index >= 15 is 0 Å². The average molecular weight is 405 g/mol. The second kappa shape index (κ2) is 8.08. The van der Waals surface area contributed by atoms with Crippen LogP contribution in [0.2, 0.25) is 0 Å². The van der Waals surface area contributed by atoms with E-state index in [1.807, 2.05) is 30.7 Å². The second-order valence-electron chi connectivity index (χ2n) is 8.29. The molecule has 0 spiro atoms. The standard InChI is InChI=1S/C23H28N6O/c1-27-10-12-28(13-11-27)18-8-6-17(7-9-18)26-23(30)25-15-22-20-5-3-2-4-19(20)21-14-24-16-29(21)22/h2-8,14,16,18,22H,9-13,15H2,1H3,(H2,25,26,30). The van der Waals surface area contributed by atoms with Gasteiger partial charge in [-0.05, 0) is 25.1 Å². The zero-order valence-corrected chi connectivity index (χ0v) is 17.3. The van der Waals surface area contributed by atoms with Crippen LogP contribution in [0.25, 0.3) is 11.3 Å². The number of imidazole rings is 1. The Morgan fingerprint density at radius 2 is 2.03 bits per heavy atom. The van der Waals surface area contributed by atoms with Crippen molar-refractivity contribution in [2.45, 2.75) is 18.5 Å². The number of urea groups is 1. The van der Waals surface area contributed by atoms with Gasteiger partial charge in [0.2, 0.25) is 0 Å². The molecule has 2 unspecified atom stereocenters. The number of fused-ring (bicyclic) bond motifs is 3. The van der Waals surface area contributed by atoms with Crippen LogP contribution in [0.5, 0.6) is 0 Å². The van der Waals surface area contributed by atoms with E-state index in [1.165, 1.54) is 11.1 Å². The molecule has 1 aliphatic carbocycles. The molecule has 2 aliphatic heterocycles. The molecule has 1 fully saturated rings. The van der Waals surface area contributed by atoms with E-state index in [0.29, 0.717) is 12.6 Å². The summed E-state index contributed by atoms with van der Waals surface area (Å²) in [6.45, 7) is 4.95. The number of nitrogens with zero attached hydrogens (tertiary/aromatic N) is 4. The summed E-state index contributed by atoms with van der Waals surface area (Å²) in [5, 5.41) is 6.02. The summed E-state index contributed by atoms with van der Waals surface area (Å²) in [6, 6.07) is 8.64. The molecular weight excluding hydrogens is 376 g/mol. The highest BCUT2D eigenvalue weighted by Gasteiger charge is 2.28. The Labute approximate surface area is 177 Å². The lowest BCUT2D eigenvalue weighted by atomic mass is 10.0. The number of rotatable bonds is 4. The molecule has 2 N–H and O–H groups in total. The number of piperazine rings is 1. The van der Waals surface area contributed by atoms with Crippen molar-refractivity contribution in [1.82, 2.24) is 30.0 Å². The van der Waals surface area contributed by atoms with E-state index in [2.05, 4.69) is 61.3 Å². The highest BCUT2D eigenvalue weighted by atomic mass is 16.2. The van der Waals surface area contributed by atoms with Gasteiger partial charge >= 0.3 is 6.03 Å². The molecule has 30 heavy (non-hydrogen) atoms. The number of benzene rings is 1. The van der Waals surface area contributed by atoms with E-state index in [0.717, 1.165) is 44.0 Å². The van der Waals surface area contributed by atoms with Crippen LogP contribution < -0.4 is 10.6 Å². The average Bonchev–Trinajstić information content (AvgIpc) is 3.35. The van der Waals surface area contributed by atoms with Crippen LogP contribution in [0.15, 0.2) is 60.7 Å². The maximum atomic E-state index is 12.5. The number of carbonyl (C=O) groups is 1. The Bertz CT molecular complexity index is 985. The van der Waals surface area contributed by atoms with Crippen LogP contribution >= 0.6 is 0 Å². The van der Waals surface area contributed by atoms with Crippen LogP contribution in [-0.2, 0) is 0 Å². The molecule has 1 saturated heterocycles. The number of carbonyl (C=O) groups excluding carboxylic acids is 1. The quantitative estimate of drug-likeness (QED) is 0.820. The summed E-state index contributed by atoms with van der Waals surface area (Å²) in [6.07, 6.45) is 11.0. The van der Waals surface area contributed by atoms with Crippen molar-refractivity contribution < 1.29 is 4.79 Å². The fourth-order valence-corrected chi connectivity index (χ4v) is 4.63. The number of likely N-dealkylation sites (N-methyl/N-ethyl adjacent to an activating group) is 1. The molecule has 1 aromatic heterocycles. The van der Waals surface area contributed by atoms with Crippen molar-refractivity contribution in [3.05, 3.63) is 66.3 Å². The summed E-state index contributed by atoms with van der Waals surface area (Å²) in [5.41, 5.74) is 4.38. The molecule has 5 rings (SSSR count). The Morgan fingerprint density at radius 1 is 1.20 bits per heavy atom. The molecule has 7 nitrogen and oxygen atoms in total. The summed E-state index contributed by atoms with van der Waals surface area (Å²) >= 11 is 0. The Balaban J connectivity index is 1.15. The maximum absolute atomic E-state index is 12.5. The van der Waals surface area contributed by atoms with Crippen molar-refractivity contribution in [1.29, 1.82) is 0 Å². The van der Waals surface area contributed by atoms with Crippen molar-refractivity contribution in [2.24, 2.45) is 0 Å². The lowest BCUT2D eigenvalue weighted by Crippen LogP contribution is -2.48. The molecular formula is C23H28N6O. The summed E-state index contributed by atoms with van der Waals surface area (Å²) in [7, 11) is 2.17. The molecule has 2 atom stereocenters. The molecule has 156 valence electrons. The van der Waals surface area contributed by atoms with E-state index in [9.17, 15) is 4.79 Å². The Hall–Kier alpha value is -2.90. The highest BCUT2D eigenvalue weighted by Crippen LogP contribution is 2.38. The maximum Gasteiger partial charge on any atom is 0.319 e. The smallest absolute Gasteiger partial charge is 0.319 e. The first-order valence-electron chi connectivity index (χ1n) is 10.7. The highest BCUT2D eigenvalue weighted by molar-refractivity contribution is 5.77. The van der Waals surface area contributed by atoms with Crippen LogP contribution in [0.4, 0.5) is 4.79 Å². The summed E-state index contributed by atoms with van der Waals surface area (Å²) in [4.78, 5) is 21.7. The molecule has 3 aliphatic rings. The molecule has 7 heteroatoms. The van der Waals surface area contributed by atoms with Gasteiger partial charge in [0.1, 0.15) is 0 Å². The third-order valence-corrected chi connectivity index (χ3v) is 6.40. The molecule has 0 radical (unpaired) electrons. The van der Waals surface area contributed by atoms with Gasteiger partial charge < -0.3 is 20.1 Å². The van der Waals surface area contributed by atoms with E-state index in [4.69, 9.17) is 0 Å². The van der Waals surface area contributed by atoms with Crippen molar-refractivity contribution >= 4 is 6.03 Å². The van der Waals surface area contributed by atoms with Crippen LogP contribution in [0.1, 0.15) is 18.0 Å². The summed E-state index contributed by atoms with van der Waals surface area (Å²) in [5.74, 6) is 0. The lowest BCUT2D eigenvalue weighted by molar-refractivity contribution is 0.130. The first-order chi connectivity index (χ1) is 14.7.